The number of nitrogen functional groups attached to an aromatic ring is 1. The number of carboxylic acid groups (broad SMARTS) is 1. The summed E-state index contributed by atoms with van der Waals surface area (Å²) in [6.45, 7) is 0. The number of nitro groups is 1. The highest BCUT2D eigenvalue weighted by Crippen LogP contribution is 2.29. The molecule has 1 heterocycles. The Hall–Kier alpha value is -2.32. The Balaban J connectivity index is 3.51. The lowest BCUT2D eigenvalue weighted by atomic mass is 10.1. The van der Waals surface area contributed by atoms with Gasteiger partial charge in [0.15, 0.2) is 0 Å². The van der Waals surface area contributed by atoms with Gasteiger partial charge in [-0.25, -0.2) is 13.6 Å². The first-order valence-corrected chi connectivity index (χ1v) is 3.80. The molecule has 0 saturated carbocycles. The quantitative estimate of drug-likeness (QED) is 0.598. The van der Waals surface area contributed by atoms with E-state index < -0.39 is 40.1 Å². The highest BCUT2D eigenvalue weighted by molar-refractivity contribution is 5.92. The van der Waals surface area contributed by atoms with Crippen LogP contribution in [0, 0.1) is 10.1 Å². The molecular formula is C7H5F2N3O4. The SMILES string of the molecule is Nc1c(C(F)F)cc([N+](=O)[O-])nc1C(=O)O. The standard InChI is InChI=1S/C7H5F2N3O4/c8-6(9)2-1-3(12(15)16)11-5(4(2)10)7(13)14/h1,6H,10H2,(H,13,14). The third-order valence-corrected chi connectivity index (χ3v) is 1.70. The van der Waals surface area contributed by atoms with Gasteiger partial charge in [0.2, 0.25) is 0 Å². The lowest BCUT2D eigenvalue weighted by Crippen LogP contribution is -2.10. The van der Waals surface area contributed by atoms with Crippen LogP contribution in [0.15, 0.2) is 6.07 Å². The van der Waals surface area contributed by atoms with Gasteiger partial charge in [-0.1, -0.05) is 0 Å². The monoisotopic (exact) mass is 233 g/mol. The Labute approximate surface area is 86.7 Å². The van der Waals surface area contributed by atoms with E-state index in [-0.39, 0.29) is 0 Å². The summed E-state index contributed by atoms with van der Waals surface area (Å²) in [6.07, 6.45) is -3.11. The van der Waals surface area contributed by atoms with E-state index in [9.17, 15) is 23.7 Å². The van der Waals surface area contributed by atoms with Gasteiger partial charge in [-0.15, -0.1) is 0 Å². The molecule has 1 aromatic heterocycles. The van der Waals surface area contributed by atoms with Crippen LogP contribution in [0.3, 0.4) is 0 Å². The van der Waals surface area contributed by atoms with E-state index in [4.69, 9.17) is 10.8 Å². The van der Waals surface area contributed by atoms with Crippen LogP contribution in [0.2, 0.25) is 0 Å². The van der Waals surface area contributed by atoms with Crippen molar-refractivity contribution in [1.29, 1.82) is 0 Å². The Kier molecular flexibility index (Phi) is 2.97. The number of nitrogens with zero attached hydrogens (tertiary/aromatic N) is 2. The first kappa shape index (κ1) is 11.8. The van der Waals surface area contributed by atoms with Crippen LogP contribution in [-0.4, -0.2) is 21.0 Å². The molecule has 0 aromatic carbocycles. The number of alkyl halides is 2. The minimum atomic E-state index is -3.11. The van der Waals surface area contributed by atoms with Crippen LogP contribution in [0.4, 0.5) is 20.3 Å². The van der Waals surface area contributed by atoms with Gasteiger partial charge in [0, 0.05) is 6.07 Å². The van der Waals surface area contributed by atoms with E-state index >= 15 is 0 Å². The molecular weight excluding hydrogens is 228 g/mol. The topological polar surface area (TPSA) is 119 Å². The lowest BCUT2D eigenvalue weighted by Gasteiger charge is -2.04. The maximum Gasteiger partial charge on any atom is 0.382 e. The van der Waals surface area contributed by atoms with Crippen LogP contribution in [0.25, 0.3) is 0 Å². The third-order valence-electron chi connectivity index (χ3n) is 1.70. The van der Waals surface area contributed by atoms with Crippen molar-refractivity contribution >= 4 is 17.5 Å². The number of halogens is 2. The van der Waals surface area contributed by atoms with Gasteiger partial charge >= 0.3 is 11.8 Å². The fourth-order valence-electron chi connectivity index (χ4n) is 0.998. The highest BCUT2D eigenvalue weighted by Gasteiger charge is 2.27. The first-order valence-electron chi connectivity index (χ1n) is 3.80. The van der Waals surface area contributed by atoms with E-state index in [1.807, 2.05) is 0 Å². The molecule has 0 fully saturated rings. The fraction of sp³-hybridized carbons (Fsp3) is 0.143. The van der Waals surface area contributed by atoms with Crippen molar-refractivity contribution in [1.82, 2.24) is 4.98 Å². The lowest BCUT2D eigenvalue weighted by molar-refractivity contribution is -0.389. The predicted molar refractivity (Wildman–Crippen MR) is 47.2 cm³/mol. The van der Waals surface area contributed by atoms with E-state index in [1.165, 1.54) is 0 Å². The second kappa shape index (κ2) is 4.04. The number of carboxylic acids is 1. The molecule has 0 saturated heterocycles. The van der Waals surface area contributed by atoms with Gasteiger partial charge in [-0.05, 0) is 9.91 Å². The molecule has 0 bridgehead atoms. The van der Waals surface area contributed by atoms with Crippen molar-refractivity contribution in [2.24, 2.45) is 0 Å². The van der Waals surface area contributed by atoms with Gasteiger partial charge in [0.25, 0.3) is 12.1 Å². The van der Waals surface area contributed by atoms with Crippen LogP contribution in [0.1, 0.15) is 22.5 Å². The molecule has 9 heteroatoms. The minimum absolute atomic E-state index is 0.451. The molecule has 0 radical (unpaired) electrons. The van der Waals surface area contributed by atoms with Crippen molar-refractivity contribution < 1.29 is 23.6 Å². The zero-order valence-electron chi connectivity index (χ0n) is 7.55. The number of hydrogen-bond acceptors (Lipinski definition) is 5. The second-order valence-corrected chi connectivity index (χ2v) is 2.69. The molecule has 0 aliphatic carbocycles. The molecule has 0 atom stereocenters. The molecule has 0 amide bonds. The number of carbonyl (C=O) groups is 1. The summed E-state index contributed by atoms with van der Waals surface area (Å²) >= 11 is 0. The molecule has 1 aromatic rings. The summed E-state index contributed by atoms with van der Waals surface area (Å²) in [5, 5.41) is 18.9. The number of hydrogen-bond donors (Lipinski definition) is 2. The number of aromatic carboxylic acids is 1. The smallest absolute Gasteiger partial charge is 0.382 e. The van der Waals surface area contributed by atoms with Gasteiger partial charge < -0.3 is 21.0 Å². The van der Waals surface area contributed by atoms with Crippen LogP contribution < -0.4 is 5.73 Å². The summed E-state index contributed by atoms with van der Waals surface area (Å²) in [4.78, 5) is 22.9. The molecule has 0 unspecified atom stereocenters. The molecule has 16 heavy (non-hydrogen) atoms. The molecule has 0 aliphatic rings. The van der Waals surface area contributed by atoms with E-state index in [1.54, 1.807) is 0 Å². The largest absolute Gasteiger partial charge is 0.475 e. The van der Waals surface area contributed by atoms with Crippen molar-refractivity contribution in [3.8, 4) is 0 Å². The van der Waals surface area contributed by atoms with Crippen molar-refractivity contribution in [2.75, 3.05) is 5.73 Å². The van der Waals surface area contributed by atoms with Gasteiger partial charge in [-0.3, -0.25) is 0 Å². The summed E-state index contributed by atoms with van der Waals surface area (Å²) < 4.78 is 24.8. The van der Waals surface area contributed by atoms with Gasteiger partial charge in [-0.2, -0.15) is 0 Å². The third kappa shape index (κ3) is 2.02. The Morgan fingerprint density at radius 2 is 2.19 bits per heavy atom. The molecule has 7 nitrogen and oxygen atoms in total. The number of aromatic nitrogens is 1. The van der Waals surface area contributed by atoms with Crippen LogP contribution in [-0.2, 0) is 0 Å². The number of anilines is 1. The number of pyridine rings is 1. The van der Waals surface area contributed by atoms with Crippen molar-refractivity contribution in [3.05, 3.63) is 27.4 Å². The Morgan fingerprint density at radius 3 is 2.56 bits per heavy atom. The normalized spacial score (nSPS) is 10.4. The Bertz CT molecular complexity index is 463. The molecule has 0 aliphatic heterocycles. The number of nitrogens with two attached hydrogens (primary N) is 1. The second-order valence-electron chi connectivity index (χ2n) is 2.69. The minimum Gasteiger partial charge on any atom is -0.475 e. The fourth-order valence-corrected chi connectivity index (χ4v) is 0.998. The number of rotatable bonds is 3. The van der Waals surface area contributed by atoms with Crippen LogP contribution >= 0.6 is 0 Å². The average molecular weight is 233 g/mol. The maximum atomic E-state index is 12.4. The highest BCUT2D eigenvalue weighted by atomic mass is 19.3. The Morgan fingerprint density at radius 1 is 1.62 bits per heavy atom. The summed E-state index contributed by atoms with van der Waals surface area (Å²) in [6, 6.07) is 0.451. The summed E-state index contributed by atoms with van der Waals surface area (Å²) in [5.41, 5.74) is 2.47. The zero-order chi connectivity index (χ0) is 12.5. The summed E-state index contributed by atoms with van der Waals surface area (Å²) in [5.74, 6) is -2.69. The van der Waals surface area contributed by atoms with E-state index in [0.29, 0.717) is 6.07 Å². The summed E-state index contributed by atoms with van der Waals surface area (Å²) in [7, 11) is 0. The van der Waals surface area contributed by atoms with Crippen molar-refractivity contribution in [2.45, 2.75) is 6.43 Å². The van der Waals surface area contributed by atoms with Gasteiger partial charge in [0.1, 0.15) is 5.69 Å². The van der Waals surface area contributed by atoms with E-state index in [0.717, 1.165) is 0 Å². The first-order chi connectivity index (χ1) is 7.34. The molecule has 0 spiro atoms. The maximum absolute atomic E-state index is 12.4. The van der Waals surface area contributed by atoms with Gasteiger partial charge in [0.05, 0.1) is 5.56 Å². The zero-order valence-corrected chi connectivity index (χ0v) is 7.55. The predicted octanol–water partition coefficient (Wildman–Crippen LogP) is 1.21. The molecule has 3 N–H and O–H groups in total. The van der Waals surface area contributed by atoms with Crippen molar-refractivity contribution in [3.63, 3.8) is 0 Å². The van der Waals surface area contributed by atoms with E-state index in [2.05, 4.69) is 4.98 Å². The molecule has 1 rings (SSSR count). The van der Waals surface area contributed by atoms with Crippen LogP contribution in [0.5, 0.6) is 0 Å². The molecule has 86 valence electrons. The average Bonchev–Trinajstić information content (AvgIpc) is 2.16.